The third-order valence-corrected chi connectivity index (χ3v) is 4.21. The lowest BCUT2D eigenvalue weighted by atomic mass is 10.2. The predicted octanol–water partition coefficient (Wildman–Crippen LogP) is 4.13. The second-order valence-electron chi connectivity index (χ2n) is 4.19. The van der Waals surface area contributed by atoms with Crippen LogP contribution in [0, 0.1) is 9.65 Å². The molecule has 21 heavy (non-hydrogen) atoms. The van der Waals surface area contributed by atoms with Crippen LogP contribution in [0.25, 0.3) is 0 Å². The van der Waals surface area contributed by atoms with Crippen LogP contribution in [-0.4, -0.2) is 15.9 Å². The molecule has 0 fully saturated rings. The Morgan fingerprint density at radius 3 is 2.86 bits per heavy atom. The molecular formula is C13H9BrClFIN3O. The van der Waals surface area contributed by atoms with E-state index in [2.05, 4.69) is 31.2 Å². The van der Waals surface area contributed by atoms with E-state index in [-0.39, 0.29) is 11.9 Å². The summed E-state index contributed by atoms with van der Waals surface area (Å²) in [6, 6.07) is 3.85. The molecule has 0 aliphatic heterocycles. The van der Waals surface area contributed by atoms with Crippen molar-refractivity contribution in [1.29, 1.82) is 0 Å². The third-order valence-electron chi connectivity index (χ3n) is 2.65. The second-order valence-corrected chi connectivity index (χ2v) is 6.53. The van der Waals surface area contributed by atoms with Gasteiger partial charge in [-0.3, -0.25) is 9.78 Å². The maximum atomic E-state index is 12.9. The smallest absolute Gasteiger partial charge is 0.254 e. The van der Waals surface area contributed by atoms with Gasteiger partial charge in [0.2, 0.25) is 5.95 Å². The van der Waals surface area contributed by atoms with Crippen LogP contribution >= 0.6 is 50.1 Å². The van der Waals surface area contributed by atoms with Crippen molar-refractivity contribution < 1.29 is 9.18 Å². The van der Waals surface area contributed by atoms with Crippen LogP contribution in [0.1, 0.15) is 29.0 Å². The number of aromatic nitrogens is 2. The van der Waals surface area contributed by atoms with E-state index in [1.54, 1.807) is 19.2 Å². The summed E-state index contributed by atoms with van der Waals surface area (Å²) in [5.74, 6) is -0.984. The van der Waals surface area contributed by atoms with E-state index in [1.807, 2.05) is 22.6 Å². The zero-order chi connectivity index (χ0) is 15.6. The highest BCUT2D eigenvalue weighted by Crippen LogP contribution is 2.24. The normalized spacial score (nSPS) is 12.0. The second kappa shape index (κ2) is 6.97. The van der Waals surface area contributed by atoms with Gasteiger partial charge in [-0.25, -0.2) is 4.98 Å². The molecule has 0 bridgehead atoms. The molecule has 1 N–H and O–H groups in total. The molecule has 0 saturated carbocycles. The SMILES string of the molecule is CC(NC(=O)c1ccc(F)nc1I)c1ncc(Br)cc1Cl. The molecule has 1 atom stereocenters. The molecule has 0 radical (unpaired) electrons. The van der Waals surface area contributed by atoms with Crippen LogP contribution in [0.4, 0.5) is 4.39 Å². The lowest BCUT2D eigenvalue weighted by molar-refractivity contribution is 0.0937. The minimum atomic E-state index is -0.624. The molecule has 2 aromatic heterocycles. The van der Waals surface area contributed by atoms with Gasteiger partial charge < -0.3 is 5.32 Å². The number of pyridine rings is 2. The van der Waals surface area contributed by atoms with Crippen LogP contribution < -0.4 is 5.32 Å². The first-order valence-corrected chi connectivity index (χ1v) is 8.07. The third kappa shape index (κ3) is 4.10. The van der Waals surface area contributed by atoms with Crippen molar-refractivity contribution in [3.8, 4) is 0 Å². The van der Waals surface area contributed by atoms with Gasteiger partial charge in [-0.2, -0.15) is 4.39 Å². The summed E-state index contributed by atoms with van der Waals surface area (Å²) in [7, 11) is 0. The van der Waals surface area contributed by atoms with Gasteiger partial charge in [-0.05, 0) is 63.6 Å². The fourth-order valence-corrected chi connectivity index (χ4v) is 3.12. The molecule has 0 aliphatic rings. The van der Waals surface area contributed by atoms with Crippen molar-refractivity contribution in [3.05, 3.63) is 54.8 Å². The summed E-state index contributed by atoms with van der Waals surface area (Å²) >= 11 is 11.2. The largest absolute Gasteiger partial charge is 0.344 e. The fourth-order valence-electron chi connectivity index (χ4n) is 1.67. The van der Waals surface area contributed by atoms with E-state index in [1.165, 1.54) is 6.07 Å². The van der Waals surface area contributed by atoms with E-state index in [0.717, 1.165) is 10.5 Å². The number of hydrogen-bond acceptors (Lipinski definition) is 3. The summed E-state index contributed by atoms with van der Waals surface area (Å²) in [5.41, 5.74) is 0.857. The average molecular weight is 484 g/mol. The Balaban J connectivity index is 2.18. The minimum Gasteiger partial charge on any atom is -0.344 e. The monoisotopic (exact) mass is 483 g/mol. The Bertz CT molecular complexity index is 701. The molecule has 1 unspecified atom stereocenters. The van der Waals surface area contributed by atoms with E-state index in [0.29, 0.717) is 20.0 Å². The number of amides is 1. The van der Waals surface area contributed by atoms with Crippen molar-refractivity contribution in [2.45, 2.75) is 13.0 Å². The Hall–Kier alpha value is -0.800. The van der Waals surface area contributed by atoms with Crippen LogP contribution in [0.5, 0.6) is 0 Å². The molecule has 0 aliphatic carbocycles. The lowest BCUT2D eigenvalue weighted by Gasteiger charge is -2.15. The molecule has 1 amide bonds. The molecule has 0 saturated heterocycles. The molecule has 0 spiro atoms. The van der Waals surface area contributed by atoms with Gasteiger partial charge in [0.05, 0.1) is 22.3 Å². The predicted molar refractivity (Wildman–Crippen MR) is 89.7 cm³/mol. The molecule has 110 valence electrons. The summed E-state index contributed by atoms with van der Waals surface area (Å²) < 4.78 is 14.0. The highest BCUT2D eigenvalue weighted by atomic mass is 127. The quantitative estimate of drug-likeness (QED) is 0.527. The maximum absolute atomic E-state index is 12.9. The molecule has 2 aromatic rings. The first-order chi connectivity index (χ1) is 9.88. The zero-order valence-electron chi connectivity index (χ0n) is 10.7. The van der Waals surface area contributed by atoms with Crippen LogP contribution in [0.2, 0.25) is 5.02 Å². The summed E-state index contributed by atoms with van der Waals surface area (Å²) in [6.07, 6.45) is 1.60. The first kappa shape index (κ1) is 16.6. The number of carbonyl (C=O) groups is 1. The van der Waals surface area contributed by atoms with Crippen LogP contribution in [0.15, 0.2) is 28.9 Å². The summed E-state index contributed by atoms with van der Waals surface area (Å²) in [6.45, 7) is 1.77. The van der Waals surface area contributed by atoms with Crippen molar-refractivity contribution >= 4 is 56.0 Å². The summed E-state index contributed by atoms with van der Waals surface area (Å²) in [4.78, 5) is 20.0. The van der Waals surface area contributed by atoms with Gasteiger partial charge in [0.25, 0.3) is 5.91 Å². The number of nitrogens with one attached hydrogen (secondary N) is 1. The molecular weight excluding hydrogens is 475 g/mol. The topological polar surface area (TPSA) is 54.9 Å². The molecule has 4 nitrogen and oxygen atoms in total. The lowest BCUT2D eigenvalue weighted by Crippen LogP contribution is -2.28. The van der Waals surface area contributed by atoms with Gasteiger partial charge in [0.15, 0.2) is 0 Å². The Morgan fingerprint density at radius 1 is 1.52 bits per heavy atom. The minimum absolute atomic E-state index is 0.298. The van der Waals surface area contributed by atoms with Gasteiger partial charge in [-0.1, -0.05) is 11.6 Å². The van der Waals surface area contributed by atoms with E-state index >= 15 is 0 Å². The number of hydrogen-bond donors (Lipinski definition) is 1. The summed E-state index contributed by atoms with van der Waals surface area (Å²) in [5, 5.41) is 3.21. The van der Waals surface area contributed by atoms with Crippen molar-refractivity contribution in [2.24, 2.45) is 0 Å². The van der Waals surface area contributed by atoms with Crippen LogP contribution in [-0.2, 0) is 0 Å². The number of carbonyl (C=O) groups excluding carboxylic acids is 1. The van der Waals surface area contributed by atoms with E-state index in [9.17, 15) is 9.18 Å². The van der Waals surface area contributed by atoms with Gasteiger partial charge in [0, 0.05) is 10.7 Å². The highest BCUT2D eigenvalue weighted by Gasteiger charge is 2.18. The Morgan fingerprint density at radius 2 is 2.24 bits per heavy atom. The maximum Gasteiger partial charge on any atom is 0.254 e. The zero-order valence-corrected chi connectivity index (χ0v) is 15.2. The van der Waals surface area contributed by atoms with Crippen molar-refractivity contribution in [1.82, 2.24) is 15.3 Å². The molecule has 2 rings (SSSR count). The number of rotatable bonds is 3. The van der Waals surface area contributed by atoms with Crippen LogP contribution in [0.3, 0.4) is 0 Å². The number of nitrogens with zero attached hydrogens (tertiary/aromatic N) is 2. The van der Waals surface area contributed by atoms with E-state index < -0.39 is 5.95 Å². The molecule has 8 heteroatoms. The van der Waals surface area contributed by atoms with Crippen molar-refractivity contribution in [3.63, 3.8) is 0 Å². The molecule has 0 aromatic carbocycles. The van der Waals surface area contributed by atoms with Gasteiger partial charge in [0.1, 0.15) is 3.70 Å². The van der Waals surface area contributed by atoms with Gasteiger partial charge in [-0.15, -0.1) is 0 Å². The van der Waals surface area contributed by atoms with Gasteiger partial charge >= 0.3 is 0 Å². The first-order valence-electron chi connectivity index (χ1n) is 5.82. The number of halogens is 4. The van der Waals surface area contributed by atoms with E-state index in [4.69, 9.17) is 11.6 Å². The Labute approximate surface area is 147 Å². The fraction of sp³-hybridized carbons (Fsp3) is 0.154. The molecule has 2 heterocycles. The average Bonchev–Trinajstić information content (AvgIpc) is 2.37. The highest BCUT2D eigenvalue weighted by molar-refractivity contribution is 14.1. The van der Waals surface area contributed by atoms with Crippen molar-refractivity contribution in [2.75, 3.05) is 0 Å². The Kier molecular flexibility index (Phi) is 5.50. The standard InChI is InChI=1S/C13H9BrClFIN3O/c1-6(11-9(15)4-7(14)5-18-11)19-13(21)8-2-3-10(16)20-12(8)17/h2-6H,1H3,(H,19,21).